The minimum absolute atomic E-state index is 0.635. The molecule has 2 fully saturated rings. The summed E-state index contributed by atoms with van der Waals surface area (Å²) in [4.78, 5) is 9.56. The molecule has 2 heterocycles. The Morgan fingerprint density at radius 2 is 2.00 bits per heavy atom. The van der Waals surface area contributed by atoms with Gasteiger partial charge in [0.25, 0.3) is 0 Å². The van der Waals surface area contributed by atoms with Crippen LogP contribution in [0.25, 0.3) is 0 Å². The lowest BCUT2D eigenvalue weighted by molar-refractivity contribution is 0.220. The minimum Gasteiger partial charge on any atom is -0.357 e. The van der Waals surface area contributed by atoms with Crippen molar-refractivity contribution < 1.29 is 0 Å². The quantitative estimate of drug-likeness (QED) is 0.870. The Morgan fingerprint density at radius 1 is 1.24 bits per heavy atom. The number of nitrogens with zero attached hydrogens (tertiary/aromatic N) is 3. The molecule has 4 heteroatoms. The van der Waals surface area contributed by atoms with Crippen LogP contribution in [0.2, 0.25) is 0 Å². The standard InChI is InChI=1S/C17H28N4/c1-3-21-10-8-16(9-11-21)20(2)17-7-4-14(13-19-17)12-18-15-5-6-15/h4,7,13,15-16,18H,3,5-6,8-12H2,1-2H3. The van der Waals surface area contributed by atoms with Gasteiger partial charge >= 0.3 is 0 Å². The monoisotopic (exact) mass is 288 g/mol. The summed E-state index contributed by atoms with van der Waals surface area (Å²) in [6.45, 7) is 6.82. The number of hydrogen-bond donors (Lipinski definition) is 1. The molecule has 2 aliphatic rings. The Hall–Kier alpha value is -1.13. The van der Waals surface area contributed by atoms with E-state index < -0.39 is 0 Å². The van der Waals surface area contributed by atoms with Gasteiger partial charge in [0.2, 0.25) is 0 Å². The number of anilines is 1. The summed E-state index contributed by atoms with van der Waals surface area (Å²) in [5, 5.41) is 3.54. The zero-order valence-corrected chi connectivity index (χ0v) is 13.4. The van der Waals surface area contributed by atoms with Crippen molar-refractivity contribution in [1.29, 1.82) is 0 Å². The molecule has 1 saturated carbocycles. The van der Waals surface area contributed by atoms with Crippen molar-refractivity contribution in [2.24, 2.45) is 0 Å². The molecule has 0 atom stereocenters. The highest BCUT2D eigenvalue weighted by Gasteiger charge is 2.22. The Morgan fingerprint density at radius 3 is 2.57 bits per heavy atom. The summed E-state index contributed by atoms with van der Waals surface area (Å²) in [7, 11) is 2.19. The molecular formula is C17H28N4. The van der Waals surface area contributed by atoms with Crippen LogP contribution >= 0.6 is 0 Å². The van der Waals surface area contributed by atoms with E-state index >= 15 is 0 Å². The first-order chi connectivity index (χ1) is 10.3. The smallest absolute Gasteiger partial charge is 0.128 e. The minimum atomic E-state index is 0.635. The predicted octanol–water partition coefficient (Wildman–Crippen LogP) is 2.25. The van der Waals surface area contributed by atoms with Crippen LogP contribution in [0.15, 0.2) is 18.3 Å². The van der Waals surface area contributed by atoms with Gasteiger partial charge in [-0.3, -0.25) is 0 Å². The molecule has 0 unspecified atom stereocenters. The normalized spacial score (nSPS) is 20.7. The largest absolute Gasteiger partial charge is 0.357 e. The van der Waals surface area contributed by atoms with Crippen molar-refractivity contribution >= 4 is 5.82 Å². The lowest BCUT2D eigenvalue weighted by atomic mass is 10.0. The van der Waals surface area contributed by atoms with E-state index in [2.05, 4.69) is 46.2 Å². The summed E-state index contributed by atoms with van der Waals surface area (Å²) in [5.41, 5.74) is 1.29. The summed E-state index contributed by atoms with van der Waals surface area (Å²) in [6.07, 6.45) is 7.20. The molecule has 1 aromatic rings. The van der Waals surface area contributed by atoms with Crippen LogP contribution in [0.5, 0.6) is 0 Å². The van der Waals surface area contributed by atoms with Gasteiger partial charge in [-0.25, -0.2) is 4.98 Å². The average molecular weight is 288 g/mol. The molecule has 0 radical (unpaired) electrons. The van der Waals surface area contributed by atoms with Crippen molar-refractivity contribution in [2.45, 2.75) is 51.2 Å². The van der Waals surface area contributed by atoms with E-state index in [0.717, 1.165) is 18.4 Å². The van der Waals surface area contributed by atoms with Crippen LogP contribution in [0, 0.1) is 0 Å². The topological polar surface area (TPSA) is 31.4 Å². The van der Waals surface area contributed by atoms with Gasteiger partial charge in [-0.1, -0.05) is 13.0 Å². The van der Waals surface area contributed by atoms with E-state index in [4.69, 9.17) is 0 Å². The molecule has 0 amide bonds. The second-order valence-corrected chi connectivity index (χ2v) is 6.46. The maximum Gasteiger partial charge on any atom is 0.128 e. The Kier molecular flexibility index (Phi) is 4.76. The number of aromatic nitrogens is 1. The lowest BCUT2D eigenvalue weighted by Crippen LogP contribution is -2.43. The highest BCUT2D eigenvalue weighted by atomic mass is 15.2. The molecule has 1 N–H and O–H groups in total. The zero-order chi connectivity index (χ0) is 14.7. The fourth-order valence-corrected chi connectivity index (χ4v) is 3.09. The van der Waals surface area contributed by atoms with E-state index in [9.17, 15) is 0 Å². The van der Waals surface area contributed by atoms with Gasteiger partial charge in [0, 0.05) is 45.0 Å². The molecule has 4 nitrogen and oxygen atoms in total. The van der Waals surface area contributed by atoms with Crippen LogP contribution in [0.1, 0.15) is 38.2 Å². The van der Waals surface area contributed by atoms with Gasteiger partial charge in [-0.05, 0) is 43.9 Å². The van der Waals surface area contributed by atoms with Gasteiger partial charge in [0.1, 0.15) is 5.82 Å². The van der Waals surface area contributed by atoms with Gasteiger partial charge in [-0.2, -0.15) is 0 Å². The number of likely N-dealkylation sites (tertiary alicyclic amines) is 1. The van der Waals surface area contributed by atoms with Gasteiger partial charge in [0.15, 0.2) is 0 Å². The Labute approximate surface area is 128 Å². The van der Waals surface area contributed by atoms with E-state index in [1.54, 1.807) is 0 Å². The number of piperidine rings is 1. The maximum absolute atomic E-state index is 4.66. The summed E-state index contributed by atoms with van der Waals surface area (Å²) < 4.78 is 0. The molecule has 1 saturated heterocycles. The van der Waals surface area contributed by atoms with E-state index in [0.29, 0.717) is 6.04 Å². The van der Waals surface area contributed by atoms with E-state index in [1.807, 2.05) is 6.20 Å². The molecule has 0 bridgehead atoms. The predicted molar refractivity (Wildman–Crippen MR) is 87.6 cm³/mol. The van der Waals surface area contributed by atoms with Crippen molar-refractivity contribution in [2.75, 3.05) is 31.6 Å². The van der Waals surface area contributed by atoms with Gasteiger partial charge < -0.3 is 15.1 Å². The van der Waals surface area contributed by atoms with Crippen molar-refractivity contribution in [3.05, 3.63) is 23.9 Å². The Balaban J connectivity index is 1.52. The number of hydrogen-bond acceptors (Lipinski definition) is 4. The molecular weight excluding hydrogens is 260 g/mol. The lowest BCUT2D eigenvalue weighted by Gasteiger charge is -2.36. The molecule has 1 aromatic heterocycles. The van der Waals surface area contributed by atoms with Crippen molar-refractivity contribution in [3.63, 3.8) is 0 Å². The molecule has 0 spiro atoms. The van der Waals surface area contributed by atoms with E-state index in [1.165, 1.54) is 50.9 Å². The number of nitrogens with one attached hydrogen (secondary N) is 1. The maximum atomic E-state index is 4.66. The number of pyridine rings is 1. The molecule has 21 heavy (non-hydrogen) atoms. The molecule has 0 aromatic carbocycles. The average Bonchev–Trinajstić information content (AvgIpc) is 3.37. The SMILES string of the molecule is CCN1CCC(N(C)c2ccc(CNC3CC3)cn2)CC1. The van der Waals surface area contributed by atoms with Crippen LogP contribution in [0.3, 0.4) is 0 Å². The molecule has 1 aliphatic carbocycles. The summed E-state index contributed by atoms with van der Waals surface area (Å²) in [5.74, 6) is 1.11. The van der Waals surface area contributed by atoms with Crippen molar-refractivity contribution in [3.8, 4) is 0 Å². The fraction of sp³-hybridized carbons (Fsp3) is 0.706. The van der Waals surface area contributed by atoms with Crippen LogP contribution in [-0.2, 0) is 6.54 Å². The molecule has 3 rings (SSSR count). The molecule has 1 aliphatic heterocycles. The van der Waals surface area contributed by atoms with Crippen LogP contribution in [-0.4, -0.2) is 48.6 Å². The van der Waals surface area contributed by atoms with Gasteiger partial charge in [-0.15, -0.1) is 0 Å². The third-order valence-electron chi connectivity index (χ3n) is 4.89. The van der Waals surface area contributed by atoms with Crippen LogP contribution in [0.4, 0.5) is 5.82 Å². The highest BCUT2D eigenvalue weighted by Crippen LogP contribution is 2.21. The fourth-order valence-electron chi connectivity index (χ4n) is 3.09. The highest BCUT2D eigenvalue weighted by molar-refractivity contribution is 5.39. The summed E-state index contributed by atoms with van der Waals surface area (Å²) >= 11 is 0. The second kappa shape index (κ2) is 6.75. The first kappa shape index (κ1) is 14.8. The third kappa shape index (κ3) is 3.95. The zero-order valence-electron chi connectivity index (χ0n) is 13.4. The Bertz CT molecular complexity index is 433. The van der Waals surface area contributed by atoms with Gasteiger partial charge in [0.05, 0.1) is 0 Å². The van der Waals surface area contributed by atoms with Crippen molar-refractivity contribution in [1.82, 2.24) is 15.2 Å². The third-order valence-corrected chi connectivity index (χ3v) is 4.89. The molecule has 116 valence electrons. The number of rotatable bonds is 6. The second-order valence-electron chi connectivity index (χ2n) is 6.46. The van der Waals surface area contributed by atoms with Crippen LogP contribution < -0.4 is 10.2 Å². The first-order valence-corrected chi connectivity index (χ1v) is 8.39. The van der Waals surface area contributed by atoms with E-state index in [-0.39, 0.29) is 0 Å². The summed E-state index contributed by atoms with van der Waals surface area (Å²) in [6, 6.07) is 5.79. The first-order valence-electron chi connectivity index (χ1n) is 8.39.